The highest BCUT2D eigenvalue weighted by atomic mass is 35.5. The van der Waals surface area contributed by atoms with E-state index >= 15 is 0 Å². The third-order valence-corrected chi connectivity index (χ3v) is 7.17. The number of Topliss-reactive ketones (excluding diaryl/α,β-unsaturated/α-hetero) is 1. The number of nitrogens with zero attached hydrogens (tertiary/aromatic N) is 3. The Morgan fingerprint density at radius 3 is 2.72 bits per heavy atom. The molecule has 1 aliphatic rings. The molecule has 1 saturated heterocycles. The molecule has 0 N–H and O–H groups in total. The first-order valence-electron chi connectivity index (χ1n) is 11.9. The lowest BCUT2D eigenvalue weighted by molar-refractivity contribution is -0.136. The average Bonchev–Trinajstić information content (AvgIpc) is 3.53. The van der Waals surface area contributed by atoms with Crippen molar-refractivity contribution in [3.05, 3.63) is 80.4 Å². The van der Waals surface area contributed by atoms with Crippen molar-refractivity contribution in [1.82, 2.24) is 14.3 Å². The molecule has 4 rings (SSSR count). The summed E-state index contributed by atoms with van der Waals surface area (Å²) in [5.74, 6) is -0.879. The van der Waals surface area contributed by atoms with Crippen molar-refractivity contribution in [2.45, 2.75) is 52.8 Å². The second-order valence-electron chi connectivity index (χ2n) is 8.93. The molecule has 36 heavy (non-hydrogen) atoms. The Bertz CT molecular complexity index is 1300. The Morgan fingerprint density at radius 1 is 1.22 bits per heavy atom. The summed E-state index contributed by atoms with van der Waals surface area (Å²) in [5, 5.41) is 5.46. The standard InChI is InChI=1S/C27H29Cl2N3O4/c1-17-13-23(19(3)31(17)15-21-8-6-12-35-21)25(33)16-36-26(34)11-10-22-18(2)30-32(27(22)29)14-20-7-4-5-9-24(20)28/h4-5,7,9-11,13,21H,6,8,12,14-16H2,1-3H3/b11-10+. The largest absolute Gasteiger partial charge is 0.454 e. The molecule has 1 aliphatic heterocycles. The average molecular weight is 530 g/mol. The minimum atomic E-state index is -0.633. The van der Waals surface area contributed by atoms with E-state index in [1.54, 1.807) is 23.7 Å². The van der Waals surface area contributed by atoms with Gasteiger partial charge in [0.2, 0.25) is 5.78 Å². The fourth-order valence-electron chi connectivity index (χ4n) is 4.42. The second-order valence-corrected chi connectivity index (χ2v) is 9.70. The molecule has 0 radical (unpaired) electrons. The van der Waals surface area contributed by atoms with Crippen LogP contribution in [0.3, 0.4) is 0 Å². The first-order valence-corrected chi connectivity index (χ1v) is 12.6. The Labute approximate surface area is 220 Å². The maximum Gasteiger partial charge on any atom is 0.331 e. The van der Waals surface area contributed by atoms with Crippen molar-refractivity contribution in [2.24, 2.45) is 0 Å². The minimum absolute atomic E-state index is 0.171. The van der Waals surface area contributed by atoms with Crippen LogP contribution in [-0.4, -0.2) is 45.4 Å². The van der Waals surface area contributed by atoms with Gasteiger partial charge in [0.15, 0.2) is 6.61 Å². The molecule has 3 aromatic rings. The van der Waals surface area contributed by atoms with Crippen LogP contribution in [0.25, 0.3) is 6.08 Å². The summed E-state index contributed by atoms with van der Waals surface area (Å²) in [7, 11) is 0. The molecular weight excluding hydrogens is 501 g/mol. The van der Waals surface area contributed by atoms with Gasteiger partial charge in [-0.25, -0.2) is 9.48 Å². The van der Waals surface area contributed by atoms with E-state index in [0.29, 0.717) is 33.5 Å². The van der Waals surface area contributed by atoms with Gasteiger partial charge in [-0.2, -0.15) is 5.10 Å². The zero-order chi connectivity index (χ0) is 25.8. The molecule has 1 unspecified atom stereocenters. The maximum absolute atomic E-state index is 12.8. The van der Waals surface area contributed by atoms with Crippen LogP contribution < -0.4 is 0 Å². The van der Waals surface area contributed by atoms with Crippen molar-refractivity contribution < 1.29 is 19.1 Å². The Hall–Kier alpha value is -2.87. The van der Waals surface area contributed by atoms with Crippen LogP contribution in [-0.2, 0) is 27.4 Å². The molecule has 0 amide bonds. The van der Waals surface area contributed by atoms with Gasteiger partial charge in [0.05, 0.1) is 18.3 Å². The van der Waals surface area contributed by atoms with Gasteiger partial charge in [0.1, 0.15) is 5.15 Å². The van der Waals surface area contributed by atoms with Crippen LogP contribution in [0.5, 0.6) is 0 Å². The van der Waals surface area contributed by atoms with Crippen molar-refractivity contribution in [2.75, 3.05) is 13.2 Å². The fourth-order valence-corrected chi connectivity index (χ4v) is 4.91. The summed E-state index contributed by atoms with van der Waals surface area (Å²) < 4.78 is 14.7. The zero-order valence-electron chi connectivity index (χ0n) is 20.6. The Morgan fingerprint density at radius 2 is 2.00 bits per heavy atom. The first kappa shape index (κ1) is 26.2. The lowest BCUT2D eigenvalue weighted by atomic mass is 10.1. The highest BCUT2D eigenvalue weighted by Gasteiger charge is 2.21. The summed E-state index contributed by atoms with van der Waals surface area (Å²) >= 11 is 12.8. The van der Waals surface area contributed by atoms with E-state index in [4.69, 9.17) is 32.7 Å². The van der Waals surface area contributed by atoms with Gasteiger partial charge in [0.25, 0.3) is 0 Å². The third kappa shape index (κ3) is 5.91. The Kier molecular flexibility index (Phi) is 8.34. The first-order chi connectivity index (χ1) is 17.2. The quantitative estimate of drug-likeness (QED) is 0.205. The molecule has 0 aliphatic carbocycles. The fraction of sp³-hybridized carbons (Fsp3) is 0.370. The molecule has 1 aromatic carbocycles. The number of esters is 1. The van der Waals surface area contributed by atoms with E-state index in [0.717, 1.165) is 42.9 Å². The van der Waals surface area contributed by atoms with Gasteiger partial charge in [-0.3, -0.25) is 4.79 Å². The molecule has 0 spiro atoms. The summed E-state index contributed by atoms with van der Waals surface area (Å²) in [5.41, 5.74) is 4.54. The van der Waals surface area contributed by atoms with Gasteiger partial charge < -0.3 is 14.0 Å². The molecule has 0 bridgehead atoms. The van der Waals surface area contributed by atoms with Gasteiger partial charge in [0, 0.05) is 46.8 Å². The van der Waals surface area contributed by atoms with Crippen LogP contribution >= 0.6 is 23.2 Å². The van der Waals surface area contributed by atoms with Crippen LogP contribution in [0.4, 0.5) is 0 Å². The van der Waals surface area contributed by atoms with E-state index in [-0.39, 0.29) is 18.5 Å². The topological polar surface area (TPSA) is 75.4 Å². The number of aryl methyl sites for hydroxylation is 2. The monoisotopic (exact) mass is 529 g/mol. The third-order valence-electron chi connectivity index (χ3n) is 6.40. The smallest absolute Gasteiger partial charge is 0.331 e. The minimum Gasteiger partial charge on any atom is -0.454 e. The maximum atomic E-state index is 12.8. The lowest BCUT2D eigenvalue weighted by Gasteiger charge is -2.14. The molecular formula is C27H29Cl2N3O4. The van der Waals surface area contributed by atoms with E-state index < -0.39 is 5.97 Å². The molecule has 1 fully saturated rings. The number of rotatable bonds is 9. The van der Waals surface area contributed by atoms with Crippen molar-refractivity contribution >= 4 is 41.0 Å². The highest BCUT2D eigenvalue weighted by molar-refractivity contribution is 6.32. The number of carbonyl (C=O) groups is 2. The number of carbonyl (C=O) groups excluding carboxylic acids is 2. The Balaban J connectivity index is 1.36. The number of aromatic nitrogens is 3. The summed E-state index contributed by atoms with van der Waals surface area (Å²) in [4.78, 5) is 25.1. The van der Waals surface area contributed by atoms with Gasteiger partial charge >= 0.3 is 5.97 Å². The number of hydrogen-bond donors (Lipinski definition) is 0. The molecule has 2 aromatic heterocycles. The summed E-state index contributed by atoms with van der Waals surface area (Å²) in [6.45, 7) is 7.23. The summed E-state index contributed by atoms with van der Waals surface area (Å²) in [6, 6.07) is 9.30. The zero-order valence-corrected chi connectivity index (χ0v) is 22.1. The molecule has 190 valence electrons. The van der Waals surface area contributed by atoms with E-state index in [9.17, 15) is 9.59 Å². The predicted molar refractivity (Wildman–Crippen MR) is 140 cm³/mol. The second kappa shape index (κ2) is 11.5. The van der Waals surface area contributed by atoms with Crippen molar-refractivity contribution in [3.63, 3.8) is 0 Å². The molecule has 7 nitrogen and oxygen atoms in total. The number of ether oxygens (including phenoxy) is 2. The number of halogens is 2. The van der Waals surface area contributed by atoms with Crippen LogP contribution in [0, 0.1) is 20.8 Å². The van der Waals surface area contributed by atoms with Crippen LogP contribution in [0.15, 0.2) is 36.4 Å². The normalized spacial score (nSPS) is 15.6. The van der Waals surface area contributed by atoms with Crippen molar-refractivity contribution in [3.8, 4) is 0 Å². The molecule has 3 heterocycles. The molecule has 9 heteroatoms. The molecule has 0 saturated carbocycles. The molecule has 1 atom stereocenters. The van der Waals surface area contributed by atoms with E-state index in [1.807, 2.05) is 38.1 Å². The number of hydrogen-bond acceptors (Lipinski definition) is 5. The van der Waals surface area contributed by atoms with E-state index in [1.165, 1.54) is 6.08 Å². The number of ketones is 1. The summed E-state index contributed by atoms with van der Waals surface area (Å²) in [6.07, 6.45) is 5.06. The van der Waals surface area contributed by atoms with Crippen molar-refractivity contribution in [1.29, 1.82) is 0 Å². The lowest BCUT2D eigenvalue weighted by Crippen LogP contribution is -2.18. The predicted octanol–water partition coefficient (Wildman–Crippen LogP) is 5.58. The van der Waals surface area contributed by atoms with Crippen LogP contribution in [0.1, 0.15) is 51.4 Å². The van der Waals surface area contributed by atoms with Gasteiger partial charge in [-0.15, -0.1) is 0 Å². The van der Waals surface area contributed by atoms with Gasteiger partial charge in [-0.1, -0.05) is 41.4 Å². The van der Waals surface area contributed by atoms with Gasteiger partial charge in [-0.05, 0) is 57.4 Å². The van der Waals surface area contributed by atoms with E-state index in [2.05, 4.69) is 9.67 Å². The highest BCUT2D eigenvalue weighted by Crippen LogP contribution is 2.25. The number of benzene rings is 1. The van der Waals surface area contributed by atoms with Crippen LogP contribution in [0.2, 0.25) is 10.2 Å². The SMILES string of the molecule is Cc1nn(Cc2ccccc2Cl)c(Cl)c1/C=C/C(=O)OCC(=O)c1cc(C)n(CC2CCCO2)c1C.